The van der Waals surface area contributed by atoms with Crippen molar-refractivity contribution in [3.63, 3.8) is 0 Å². The van der Waals surface area contributed by atoms with E-state index in [2.05, 4.69) is 22.8 Å². The maximum absolute atomic E-state index is 8.80. The first kappa shape index (κ1) is 12.5. The second kappa shape index (κ2) is 6.08. The summed E-state index contributed by atoms with van der Waals surface area (Å²) in [6.45, 7) is 2.91. The highest BCUT2D eigenvalue weighted by atomic mass is 14.9. The number of nitriles is 1. The zero-order chi connectivity index (χ0) is 11.9. The van der Waals surface area contributed by atoms with Gasteiger partial charge in [-0.1, -0.05) is 32.1 Å². The van der Waals surface area contributed by atoms with E-state index in [-0.39, 0.29) is 11.3 Å². The quantitative estimate of drug-likeness (QED) is 0.397. The predicted octanol–water partition coefficient (Wildman–Crippen LogP) is 2.58. The zero-order valence-corrected chi connectivity index (χ0v) is 9.74. The first-order chi connectivity index (χ1) is 7.70. The zero-order valence-electron chi connectivity index (χ0n) is 9.74. The van der Waals surface area contributed by atoms with Gasteiger partial charge in [-0.2, -0.15) is 5.26 Å². The van der Waals surface area contributed by atoms with Gasteiger partial charge in [-0.15, -0.1) is 6.42 Å². The summed E-state index contributed by atoms with van der Waals surface area (Å²) in [6, 6.07) is 1.95. The van der Waals surface area contributed by atoms with E-state index in [0.29, 0.717) is 6.54 Å². The van der Waals surface area contributed by atoms with Crippen LogP contribution >= 0.6 is 0 Å². The Morgan fingerprint density at radius 2 is 2.12 bits per heavy atom. The molecule has 84 valence electrons. The summed E-state index contributed by atoms with van der Waals surface area (Å²) in [4.78, 5) is 8.04. The summed E-state index contributed by atoms with van der Waals surface area (Å²) >= 11 is 0. The van der Waals surface area contributed by atoms with Crippen LogP contribution in [0.25, 0.3) is 0 Å². The van der Waals surface area contributed by atoms with Gasteiger partial charge in [-0.25, -0.2) is 4.99 Å². The fraction of sp³-hybridized carbons (Fsp3) is 0.615. The number of aliphatic imine (C=N–C) groups is 2. The smallest absolute Gasteiger partial charge is 0.228 e. The van der Waals surface area contributed by atoms with E-state index in [1.54, 1.807) is 0 Å². The minimum Gasteiger partial charge on any atom is -0.257 e. The molecule has 0 aromatic carbocycles. The summed E-state index contributed by atoms with van der Waals surface area (Å²) in [7, 11) is 0. The Hall–Kier alpha value is -1.61. The molecule has 0 N–H and O–H groups in total. The molecule has 3 heteroatoms. The molecular weight excluding hydrogens is 198 g/mol. The summed E-state index contributed by atoms with van der Waals surface area (Å²) in [5.41, 5.74) is 0.242. The van der Waals surface area contributed by atoms with Crippen LogP contribution in [0.4, 0.5) is 0 Å². The van der Waals surface area contributed by atoms with E-state index >= 15 is 0 Å². The molecule has 1 aliphatic carbocycles. The normalized spacial score (nSPS) is 20.3. The van der Waals surface area contributed by atoms with Gasteiger partial charge in [0.25, 0.3) is 0 Å². The number of rotatable bonds is 2. The molecule has 1 fully saturated rings. The third kappa shape index (κ3) is 3.87. The van der Waals surface area contributed by atoms with E-state index in [9.17, 15) is 0 Å². The van der Waals surface area contributed by atoms with Crippen molar-refractivity contribution in [2.24, 2.45) is 15.4 Å². The Bertz CT molecular complexity index is 360. The SMILES string of the molecule is C#CC=NC(C#N)=NCC1(C)CCCCC1. The number of terminal acetylenes is 1. The van der Waals surface area contributed by atoms with Crippen LogP contribution in [0.2, 0.25) is 0 Å². The predicted molar refractivity (Wildman–Crippen MR) is 66.4 cm³/mol. The molecule has 3 nitrogen and oxygen atoms in total. The maximum Gasteiger partial charge on any atom is 0.228 e. The van der Waals surface area contributed by atoms with Gasteiger partial charge < -0.3 is 0 Å². The average molecular weight is 215 g/mol. The van der Waals surface area contributed by atoms with E-state index in [0.717, 1.165) is 0 Å². The van der Waals surface area contributed by atoms with Crippen molar-refractivity contribution in [2.75, 3.05) is 6.54 Å². The summed E-state index contributed by atoms with van der Waals surface area (Å²) in [5.74, 6) is 2.44. The monoisotopic (exact) mass is 215 g/mol. The van der Waals surface area contributed by atoms with Crippen LogP contribution < -0.4 is 0 Å². The third-order valence-electron chi connectivity index (χ3n) is 3.03. The second-order valence-corrected chi connectivity index (χ2v) is 4.55. The van der Waals surface area contributed by atoms with Crippen molar-refractivity contribution < 1.29 is 0 Å². The van der Waals surface area contributed by atoms with Crippen LogP contribution in [0.15, 0.2) is 9.98 Å². The number of hydrogen-bond acceptors (Lipinski definition) is 2. The molecule has 0 amide bonds. The van der Waals surface area contributed by atoms with Crippen molar-refractivity contribution >= 4 is 12.1 Å². The highest BCUT2D eigenvalue weighted by molar-refractivity contribution is 6.03. The molecule has 0 bridgehead atoms. The molecule has 1 saturated carbocycles. The van der Waals surface area contributed by atoms with Gasteiger partial charge in [0.15, 0.2) is 0 Å². The lowest BCUT2D eigenvalue weighted by molar-refractivity contribution is 0.227. The van der Waals surface area contributed by atoms with Gasteiger partial charge >= 0.3 is 0 Å². The summed E-state index contributed by atoms with van der Waals surface area (Å²) < 4.78 is 0. The summed E-state index contributed by atoms with van der Waals surface area (Å²) in [5, 5.41) is 8.80. The van der Waals surface area contributed by atoms with Crippen molar-refractivity contribution in [1.82, 2.24) is 0 Å². The van der Waals surface area contributed by atoms with Gasteiger partial charge in [0.2, 0.25) is 5.84 Å². The number of nitrogens with zero attached hydrogens (tertiary/aromatic N) is 3. The standard InChI is InChI=1S/C13H17N3/c1-3-9-15-12(10-14)16-11-13(2)7-5-4-6-8-13/h1,9H,4-8,11H2,2H3. The van der Waals surface area contributed by atoms with Crippen LogP contribution in [0.1, 0.15) is 39.0 Å². The maximum atomic E-state index is 8.80. The number of amidine groups is 1. The molecular formula is C13H17N3. The number of hydrogen-bond donors (Lipinski definition) is 0. The molecule has 16 heavy (non-hydrogen) atoms. The highest BCUT2D eigenvalue weighted by Crippen LogP contribution is 2.35. The Morgan fingerprint density at radius 3 is 2.69 bits per heavy atom. The van der Waals surface area contributed by atoms with Crippen LogP contribution in [0.3, 0.4) is 0 Å². The van der Waals surface area contributed by atoms with Crippen molar-refractivity contribution in [3.05, 3.63) is 0 Å². The highest BCUT2D eigenvalue weighted by Gasteiger charge is 2.26. The van der Waals surface area contributed by atoms with Gasteiger partial charge in [0.1, 0.15) is 6.07 Å². The molecule has 0 aromatic rings. The van der Waals surface area contributed by atoms with Crippen molar-refractivity contribution in [3.8, 4) is 18.4 Å². The third-order valence-corrected chi connectivity index (χ3v) is 3.03. The van der Waals surface area contributed by atoms with Crippen LogP contribution in [0.5, 0.6) is 0 Å². The molecule has 0 unspecified atom stereocenters. The lowest BCUT2D eigenvalue weighted by atomic mass is 9.76. The van der Waals surface area contributed by atoms with Crippen molar-refractivity contribution in [1.29, 1.82) is 5.26 Å². The lowest BCUT2D eigenvalue weighted by Crippen LogP contribution is -2.24. The fourth-order valence-corrected chi connectivity index (χ4v) is 2.03. The lowest BCUT2D eigenvalue weighted by Gasteiger charge is -2.31. The molecule has 0 atom stereocenters. The molecule has 0 radical (unpaired) electrons. The van der Waals surface area contributed by atoms with Gasteiger partial charge in [-0.05, 0) is 18.3 Å². The second-order valence-electron chi connectivity index (χ2n) is 4.55. The van der Waals surface area contributed by atoms with E-state index in [4.69, 9.17) is 11.7 Å². The Morgan fingerprint density at radius 1 is 1.44 bits per heavy atom. The Kier molecular flexibility index (Phi) is 4.73. The van der Waals surface area contributed by atoms with Crippen LogP contribution in [-0.4, -0.2) is 18.6 Å². The first-order valence-electron chi connectivity index (χ1n) is 5.63. The molecule has 0 spiro atoms. The first-order valence-corrected chi connectivity index (χ1v) is 5.63. The molecule has 1 aliphatic rings. The Balaban J connectivity index is 2.59. The van der Waals surface area contributed by atoms with E-state index in [1.165, 1.54) is 38.3 Å². The molecule has 0 aromatic heterocycles. The molecule has 1 rings (SSSR count). The van der Waals surface area contributed by atoms with Crippen LogP contribution in [0, 0.1) is 29.1 Å². The molecule has 0 aliphatic heterocycles. The minimum atomic E-state index is 0.185. The topological polar surface area (TPSA) is 48.5 Å². The van der Waals surface area contributed by atoms with Crippen LogP contribution in [-0.2, 0) is 0 Å². The van der Waals surface area contributed by atoms with Gasteiger partial charge in [0, 0.05) is 6.54 Å². The van der Waals surface area contributed by atoms with E-state index < -0.39 is 0 Å². The fourth-order valence-electron chi connectivity index (χ4n) is 2.03. The van der Waals surface area contributed by atoms with Gasteiger partial charge in [-0.3, -0.25) is 4.99 Å². The largest absolute Gasteiger partial charge is 0.257 e. The Labute approximate surface area is 97.3 Å². The van der Waals surface area contributed by atoms with Gasteiger partial charge in [0.05, 0.1) is 6.21 Å². The average Bonchev–Trinajstić information content (AvgIpc) is 2.30. The minimum absolute atomic E-state index is 0.185. The molecule has 0 saturated heterocycles. The summed E-state index contributed by atoms with van der Waals surface area (Å²) in [6.07, 6.45) is 12.5. The van der Waals surface area contributed by atoms with Crippen molar-refractivity contribution in [2.45, 2.75) is 39.0 Å². The van der Waals surface area contributed by atoms with E-state index in [1.807, 2.05) is 6.07 Å². The molecule has 0 heterocycles.